The smallest absolute Gasteiger partial charge is 0.255 e. The monoisotopic (exact) mass is 475 g/mol. The van der Waals surface area contributed by atoms with Crippen LogP contribution in [0.15, 0.2) is 97.1 Å². The Kier molecular flexibility index (Phi) is 6.66. The van der Waals surface area contributed by atoms with Gasteiger partial charge in [-0.05, 0) is 47.5 Å². The number of aliphatic hydroxyl groups excluding tert-OH is 1. The lowest BCUT2D eigenvalue weighted by atomic mass is 10.1. The van der Waals surface area contributed by atoms with Crippen molar-refractivity contribution in [3.05, 3.63) is 114 Å². The van der Waals surface area contributed by atoms with Crippen molar-refractivity contribution in [1.29, 1.82) is 0 Å². The lowest BCUT2D eigenvalue weighted by molar-refractivity contribution is 0.102. The molecule has 7 heteroatoms. The first-order chi connectivity index (χ1) is 17.6. The summed E-state index contributed by atoms with van der Waals surface area (Å²) >= 11 is 0. The number of nitrogens with two attached hydrogens (primary N) is 1. The number of carbonyl (C=O) groups excluding carboxylic acids is 1. The zero-order valence-corrected chi connectivity index (χ0v) is 19.5. The second kappa shape index (κ2) is 10.4. The number of hydrogen-bond donors (Lipinski definition) is 4. The van der Waals surface area contributed by atoms with Gasteiger partial charge in [0.15, 0.2) is 0 Å². The van der Waals surface area contributed by atoms with Crippen LogP contribution in [0.4, 0.5) is 17.3 Å². The molecule has 0 saturated heterocycles. The molecule has 0 unspecified atom stereocenters. The van der Waals surface area contributed by atoms with Crippen LogP contribution in [0.2, 0.25) is 0 Å². The second-order valence-electron chi connectivity index (χ2n) is 8.29. The summed E-state index contributed by atoms with van der Waals surface area (Å²) in [5.41, 5.74) is 11.8. The first-order valence-corrected chi connectivity index (χ1v) is 11.6. The highest BCUT2D eigenvalue weighted by Crippen LogP contribution is 2.28. The van der Waals surface area contributed by atoms with Gasteiger partial charge in [0.1, 0.15) is 0 Å². The average Bonchev–Trinajstić information content (AvgIpc) is 2.93. The van der Waals surface area contributed by atoms with E-state index >= 15 is 0 Å². The Morgan fingerprint density at radius 2 is 1.61 bits per heavy atom. The maximum absolute atomic E-state index is 12.8. The molecule has 0 atom stereocenters. The molecule has 36 heavy (non-hydrogen) atoms. The third kappa shape index (κ3) is 4.93. The number of aromatic nitrogens is 2. The maximum Gasteiger partial charge on any atom is 0.255 e. The number of benzene rings is 4. The van der Waals surface area contributed by atoms with Crippen molar-refractivity contribution < 1.29 is 9.90 Å². The fourth-order valence-corrected chi connectivity index (χ4v) is 3.99. The van der Waals surface area contributed by atoms with Gasteiger partial charge in [0.2, 0.25) is 5.95 Å². The number of amides is 1. The SMILES string of the molecule is NCc1ccc(CO)cc1NC(=O)c1ccc(Nc2nc(-c3ccccc3)c3ccccc3n2)cc1. The van der Waals surface area contributed by atoms with E-state index in [1.54, 1.807) is 30.3 Å². The quantitative estimate of drug-likeness (QED) is 0.256. The van der Waals surface area contributed by atoms with Gasteiger partial charge < -0.3 is 21.5 Å². The highest BCUT2D eigenvalue weighted by molar-refractivity contribution is 6.05. The van der Waals surface area contributed by atoms with Crippen molar-refractivity contribution >= 4 is 34.1 Å². The van der Waals surface area contributed by atoms with Gasteiger partial charge >= 0.3 is 0 Å². The third-order valence-electron chi connectivity index (χ3n) is 5.88. The van der Waals surface area contributed by atoms with Crippen molar-refractivity contribution in [2.45, 2.75) is 13.2 Å². The standard InChI is InChI=1S/C29H25N5O2/c30-17-22-11-10-19(18-35)16-26(22)32-28(36)21-12-14-23(15-13-21)31-29-33-25-9-5-4-8-24(25)27(34-29)20-6-2-1-3-7-20/h1-16,35H,17-18,30H2,(H,32,36)(H,31,33,34). The molecule has 1 heterocycles. The molecular formula is C29H25N5O2. The summed E-state index contributed by atoms with van der Waals surface area (Å²) in [5, 5.41) is 16.5. The Hall–Kier alpha value is -4.59. The largest absolute Gasteiger partial charge is 0.392 e. The van der Waals surface area contributed by atoms with E-state index in [4.69, 9.17) is 10.7 Å². The first-order valence-electron chi connectivity index (χ1n) is 11.6. The highest BCUT2D eigenvalue weighted by atomic mass is 16.3. The third-order valence-corrected chi connectivity index (χ3v) is 5.88. The number of anilines is 3. The van der Waals surface area contributed by atoms with Crippen molar-refractivity contribution in [3.8, 4) is 11.3 Å². The molecule has 1 aromatic heterocycles. The van der Waals surface area contributed by atoms with Gasteiger partial charge in [0, 0.05) is 34.4 Å². The van der Waals surface area contributed by atoms with Gasteiger partial charge in [0.25, 0.3) is 5.91 Å². The minimum atomic E-state index is -0.264. The van der Waals surface area contributed by atoms with E-state index in [0.29, 0.717) is 22.8 Å². The number of aliphatic hydroxyl groups is 1. The number of fused-ring (bicyclic) bond motifs is 1. The number of nitrogens with zero attached hydrogens (tertiary/aromatic N) is 2. The van der Waals surface area contributed by atoms with Gasteiger partial charge in [-0.15, -0.1) is 0 Å². The Morgan fingerprint density at radius 3 is 2.36 bits per heavy atom. The van der Waals surface area contributed by atoms with Crippen molar-refractivity contribution in [1.82, 2.24) is 9.97 Å². The molecule has 4 aromatic carbocycles. The molecule has 0 aliphatic heterocycles. The summed E-state index contributed by atoms with van der Waals surface area (Å²) in [6, 6.07) is 30.3. The molecule has 0 radical (unpaired) electrons. The molecule has 5 rings (SSSR count). The van der Waals surface area contributed by atoms with E-state index in [-0.39, 0.29) is 19.1 Å². The normalized spacial score (nSPS) is 10.8. The molecule has 178 valence electrons. The van der Waals surface area contributed by atoms with Gasteiger partial charge in [-0.3, -0.25) is 4.79 Å². The fourth-order valence-electron chi connectivity index (χ4n) is 3.99. The number of carbonyl (C=O) groups is 1. The van der Waals surface area contributed by atoms with Crippen molar-refractivity contribution in [2.24, 2.45) is 5.73 Å². The average molecular weight is 476 g/mol. The predicted molar refractivity (Wildman–Crippen MR) is 143 cm³/mol. The van der Waals surface area contributed by atoms with Gasteiger partial charge in [-0.2, -0.15) is 0 Å². The van der Waals surface area contributed by atoms with Crippen LogP contribution in [0.1, 0.15) is 21.5 Å². The van der Waals surface area contributed by atoms with Gasteiger partial charge in [0.05, 0.1) is 17.8 Å². The highest BCUT2D eigenvalue weighted by Gasteiger charge is 2.12. The van der Waals surface area contributed by atoms with Crippen molar-refractivity contribution in [2.75, 3.05) is 10.6 Å². The van der Waals surface area contributed by atoms with Crippen LogP contribution in [0.5, 0.6) is 0 Å². The Morgan fingerprint density at radius 1 is 0.861 bits per heavy atom. The lowest BCUT2D eigenvalue weighted by Gasteiger charge is -2.12. The fraction of sp³-hybridized carbons (Fsp3) is 0.0690. The molecule has 5 aromatic rings. The lowest BCUT2D eigenvalue weighted by Crippen LogP contribution is -2.14. The Balaban J connectivity index is 1.38. The molecule has 5 N–H and O–H groups in total. The molecule has 0 saturated carbocycles. The van der Waals surface area contributed by atoms with Gasteiger partial charge in [-0.25, -0.2) is 9.97 Å². The Bertz CT molecular complexity index is 1520. The molecule has 1 amide bonds. The van der Waals surface area contributed by atoms with E-state index in [2.05, 4.69) is 15.6 Å². The molecule has 0 aliphatic carbocycles. The number of hydrogen-bond acceptors (Lipinski definition) is 6. The molecule has 0 fully saturated rings. The summed E-state index contributed by atoms with van der Waals surface area (Å²) < 4.78 is 0. The molecule has 7 nitrogen and oxygen atoms in total. The van der Waals surface area contributed by atoms with Crippen LogP contribution in [0, 0.1) is 0 Å². The number of para-hydroxylation sites is 1. The topological polar surface area (TPSA) is 113 Å². The number of nitrogens with one attached hydrogen (secondary N) is 2. The van der Waals surface area contributed by atoms with Crippen LogP contribution in [-0.4, -0.2) is 21.0 Å². The zero-order valence-electron chi connectivity index (χ0n) is 19.5. The molecule has 0 aliphatic rings. The van der Waals surface area contributed by atoms with Crippen LogP contribution in [0.25, 0.3) is 22.2 Å². The van der Waals surface area contributed by atoms with Crippen LogP contribution < -0.4 is 16.4 Å². The van der Waals surface area contributed by atoms with Crippen LogP contribution in [0.3, 0.4) is 0 Å². The van der Waals surface area contributed by atoms with E-state index in [9.17, 15) is 9.90 Å². The maximum atomic E-state index is 12.8. The summed E-state index contributed by atoms with van der Waals surface area (Å²) in [6.45, 7) is 0.165. The summed E-state index contributed by atoms with van der Waals surface area (Å²) in [4.78, 5) is 22.3. The van der Waals surface area contributed by atoms with Crippen LogP contribution >= 0.6 is 0 Å². The van der Waals surface area contributed by atoms with Gasteiger partial charge in [-0.1, -0.05) is 60.7 Å². The van der Waals surface area contributed by atoms with Crippen molar-refractivity contribution in [3.63, 3.8) is 0 Å². The van der Waals surface area contributed by atoms with Crippen LogP contribution in [-0.2, 0) is 13.2 Å². The molecule has 0 spiro atoms. The predicted octanol–water partition coefficient (Wildman–Crippen LogP) is 5.24. The summed E-state index contributed by atoms with van der Waals surface area (Å²) in [7, 11) is 0. The van der Waals surface area contributed by atoms with E-state index in [1.165, 1.54) is 0 Å². The zero-order chi connectivity index (χ0) is 24.9. The summed E-state index contributed by atoms with van der Waals surface area (Å²) in [6.07, 6.45) is 0. The minimum absolute atomic E-state index is 0.114. The first kappa shape index (κ1) is 23.2. The second-order valence-corrected chi connectivity index (χ2v) is 8.29. The Labute approximate surface area is 208 Å². The number of rotatable bonds is 7. The minimum Gasteiger partial charge on any atom is -0.392 e. The van der Waals surface area contributed by atoms with E-state index < -0.39 is 0 Å². The van der Waals surface area contributed by atoms with E-state index in [0.717, 1.165) is 33.4 Å². The molecular weight excluding hydrogens is 450 g/mol. The van der Waals surface area contributed by atoms with E-state index in [1.807, 2.05) is 66.7 Å². The summed E-state index contributed by atoms with van der Waals surface area (Å²) in [5.74, 6) is 0.206. The molecule has 0 bridgehead atoms.